The Morgan fingerprint density at radius 1 is 1.00 bits per heavy atom. The van der Waals surface area contributed by atoms with Gasteiger partial charge in [-0.25, -0.2) is 0 Å². The van der Waals surface area contributed by atoms with Crippen molar-refractivity contribution in [3.8, 4) is 11.5 Å². The zero-order chi connectivity index (χ0) is 22.9. The molecule has 0 unspecified atom stereocenters. The van der Waals surface area contributed by atoms with E-state index in [9.17, 15) is 14.7 Å². The summed E-state index contributed by atoms with van der Waals surface area (Å²) in [5.41, 5.74) is 0.131. The first-order valence-corrected chi connectivity index (χ1v) is 10.4. The van der Waals surface area contributed by atoms with Gasteiger partial charge in [-0.2, -0.15) is 0 Å². The molecule has 0 spiro atoms. The molecule has 0 aromatic heterocycles. The smallest absolute Gasteiger partial charge is 0.264 e. The van der Waals surface area contributed by atoms with Crippen LogP contribution in [-0.4, -0.2) is 31.0 Å². The summed E-state index contributed by atoms with van der Waals surface area (Å²) in [6.45, 7) is 0.225. The fraction of sp³-hybridized carbons (Fsp3) is 0.200. The number of ketones is 1. The second-order valence-electron chi connectivity index (χ2n) is 7.57. The molecule has 1 aliphatic heterocycles. The van der Waals surface area contributed by atoms with Crippen molar-refractivity contribution in [2.75, 3.05) is 19.1 Å². The molecule has 0 aliphatic carbocycles. The Hall–Kier alpha value is -3.35. The van der Waals surface area contributed by atoms with Crippen molar-refractivity contribution >= 4 is 29.0 Å². The van der Waals surface area contributed by atoms with Gasteiger partial charge < -0.3 is 19.5 Å². The first-order valence-electron chi connectivity index (χ1n) is 10.0. The van der Waals surface area contributed by atoms with Gasteiger partial charge in [0.25, 0.3) is 5.91 Å². The van der Waals surface area contributed by atoms with Crippen molar-refractivity contribution in [3.63, 3.8) is 0 Å². The maximum Gasteiger partial charge on any atom is 0.264 e. The number of amides is 1. The number of Topliss-reactive ketones (excluding diaryl/α,β-unsaturated/α-hetero) is 1. The summed E-state index contributed by atoms with van der Waals surface area (Å²) in [7, 11) is 2.98. The van der Waals surface area contributed by atoms with Crippen molar-refractivity contribution in [2.24, 2.45) is 0 Å². The van der Waals surface area contributed by atoms with E-state index in [0.29, 0.717) is 33.3 Å². The number of fused-ring (bicyclic) bond motifs is 1. The number of rotatable bonds is 7. The van der Waals surface area contributed by atoms with Crippen LogP contribution in [0.1, 0.15) is 27.9 Å². The molecule has 0 radical (unpaired) electrons. The largest absolute Gasteiger partial charge is 0.493 e. The molecule has 1 heterocycles. The quantitative estimate of drug-likeness (QED) is 0.540. The molecule has 0 saturated carbocycles. The van der Waals surface area contributed by atoms with Gasteiger partial charge >= 0.3 is 0 Å². The average molecular weight is 452 g/mol. The minimum atomic E-state index is -1.97. The minimum absolute atomic E-state index is 0.225. The summed E-state index contributed by atoms with van der Waals surface area (Å²) >= 11 is 6.09. The van der Waals surface area contributed by atoms with E-state index < -0.39 is 17.9 Å². The van der Waals surface area contributed by atoms with Crippen molar-refractivity contribution in [3.05, 3.63) is 88.4 Å². The first-order chi connectivity index (χ1) is 15.4. The molecule has 1 amide bonds. The first kappa shape index (κ1) is 21.9. The van der Waals surface area contributed by atoms with Crippen LogP contribution in [0.3, 0.4) is 0 Å². The Bertz CT molecular complexity index is 1190. The van der Waals surface area contributed by atoms with E-state index in [1.807, 2.05) is 6.07 Å². The summed E-state index contributed by atoms with van der Waals surface area (Å²) in [6, 6.07) is 18.9. The van der Waals surface area contributed by atoms with E-state index in [0.717, 1.165) is 5.56 Å². The minimum Gasteiger partial charge on any atom is -0.493 e. The number of halogens is 1. The number of nitrogens with zero attached hydrogens (tertiary/aromatic N) is 1. The number of benzene rings is 3. The number of para-hydroxylation sites is 1. The Balaban J connectivity index is 1.66. The molecule has 164 valence electrons. The van der Waals surface area contributed by atoms with Gasteiger partial charge in [0, 0.05) is 16.1 Å². The number of hydrogen-bond acceptors (Lipinski definition) is 5. The van der Waals surface area contributed by atoms with E-state index >= 15 is 0 Å². The molecule has 0 fully saturated rings. The fourth-order valence-electron chi connectivity index (χ4n) is 4.00. The highest BCUT2D eigenvalue weighted by atomic mass is 35.5. The van der Waals surface area contributed by atoms with Gasteiger partial charge in [0.15, 0.2) is 22.9 Å². The molecule has 32 heavy (non-hydrogen) atoms. The second-order valence-corrected chi connectivity index (χ2v) is 8.00. The van der Waals surface area contributed by atoms with Crippen LogP contribution in [0.25, 0.3) is 0 Å². The predicted molar refractivity (Wildman–Crippen MR) is 121 cm³/mol. The normalized spacial score (nSPS) is 17.2. The van der Waals surface area contributed by atoms with E-state index in [-0.39, 0.29) is 12.3 Å². The van der Waals surface area contributed by atoms with Gasteiger partial charge in [0.05, 0.1) is 32.9 Å². The Labute approximate surface area is 191 Å². The third kappa shape index (κ3) is 3.83. The predicted octanol–water partition coefficient (Wildman–Crippen LogP) is 4.36. The van der Waals surface area contributed by atoms with Crippen LogP contribution in [0.2, 0.25) is 5.02 Å². The number of hydrogen-bond donors (Lipinski definition) is 1. The van der Waals surface area contributed by atoms with Crippen molar-refractivity contribution < 1.29 is 24.2 Å². The lowest BCUT2D eigenvalue weighted by Crippen LogP contribution is -2.41. The highest BCUT2D eigenvalue weighted by molar-refractivity contribution is 6.30. The average Bonchev–Trinajstić information content (AvgIpc) is 3.00. The lowest BCUT2D eigenvalue weighted by atomic mass is 9.88. The van der Waals surface area contributed by atoms with Gasteiger partial charge in [-0.05, 0) is 42.0 Å². The molecule has 0 bridgehead atoms. The Kier molecular flexibility index (Phi) is 5.91. The van der Waals surface area contributed by atoms with Crippen LogP contribution in [0, 0.1) is 0 Å². The van der Waals surface area contributed by atoms with E-state index in [1.165, 1.54) is 19.1 Å². The summed E-state index contributed by atoms with van der Waals surface area (Å²) in [5.74, 6) is -0.0578. The lowest BCUT2D eigenvalue weighted by Gasteiger charge is -2.23. The molecule has 1 N–H and O–H groups in total. The number of anilines is 1. The molecule has 3 aromatic carbocycles. The number of carbonyl (C=O) groups excluding carboxylic acids is 2. The molecule has 1 aliphatic rings. The summed E-state index contributed by atoms with van der Waals surface area (Å²) in [5, 5.41) is 12.0. The number of methoxy groups -OCH3 is 2. The Morgan fingerprint density at radius 3 is 2.47 bits per heavy atom. The van der Waals surface area contributed by atoms with Crippen LogP contribution < -0.4 is 14.4 Å². The summed E-state index contributed by atoms with van der Waals surface area (Å²) in [6.07, 6.45) is -0.398. The Morgan fingerprint density at radius 2 is 1.75 bits per heavy atom. The molecule has 7 heteroatoms. The van der Waals surface area contributed by atoms with Crippen LogP contribution >= 0.6 is 11.6 Å². The third-order valence-corrected chi connectivity index (χ3v) is 5.83. The third-order valence-electron chi connectivity index (χ3n) is 5.59. The summed E-state index contributed by atoms with van der Waals surface area (Å²) < 4.78 is 10.5. The zero-order valence-electron chi connectivity index (χ0n) is 17.7. The van der Waals surface area contributed by atoms with Gasteiger partial charge in [0.2, 0.25) is 0 Å². The molecular weight excluding hydrogens is 430 g/mol. The number of carbonyl (C=O) groups is 2. The van der Waals surface area contributed by atoms with E-state index in [2.05, 4.69) is 0 Å². The molecule has 1 atom stereocenters. The molecular formula is C25H22ClNO5. The molecule has 0 saturated heterocycles. The van der Waals surface area contributed by atoms with Gasteiger partial charge in [-0.15, -0.1) is 0 Å². The number of aliphatic hydroxyl groups is 1. The maximum absolute atomic E-state index is 13.4. The standard InChI is InChI=1S/C25H22ClNO5/c1-31-22-11-10-17(13-23(22)32-2)21(28)14-25(30)19-8-3-4-9-20(19)27(24(25)29)15-16-6-5-7-18(26)12-16/h3-13,30H,14-15H2,1-2H3/t25-/m0/s1. The maximum atomic E-state index is 13.4. The second kappa shape index (κ2) is 8.65. The molecule has 4 rings (SSSR count). The number of ether oxygens (including phenoxy) is 2. The molecule has 3 aromatic rings. The van der Waals surface area contributed by atoms with E-state index in [1.54, 1.807) is 60.7 Å². The lowest BCUT2D eigenvalue weighted by molar-refractivity contribution is -0.136. The monoisotopic (exact) mass is 451 g/mol. The van der Waals surface area contributed by atoms with Crippen molar-refractivity contribution in [1.29, 1.82) is 0 Å². The van der Waals surface area contributed by atoms with Gasteiger partial charge in [0.1, 0.15) is 0 Å². The van der Waals surface area contributed by atoms with Crippen LogP contribution in [0.4, 0.5) is 5.69 Å². The van der Waals surface area contributed by atoms with Crippen molar-refractivity contribution in [1.82, 2.24) is 0 Å². The highest BCUT2D eigenvalue weighted by Gasteiger charge is 2.50. The highest BCUT2D eigenvalue weighted by Crippen LogP contribution is 2.44. The van der Waals surface area contributed by atoms with Crippen LogP contribution in [0.5, 0.6) is 11.5 Å². The molecule has 6 nitrogen and oxygen atoms in total. The van der Waals surface area contributed by atoms with Crippen molar-refractivity contribution in [2.45, 2.75) is 18.6 Å². The topological polar surface area (TPSA) is 76.1 Å². The SMILES string of the molecule is COc1ccc(C(=O)C[C@@]2(O)C(=O)N(Cc3cccc(Cl)c3)c3ccccc32)cc1OC. The summed E-state index contributed by atoms with van der Waals surface area (Å²) in [4.78, 5) is 28.0. The van der Waals surface area contributed by atoms with Crippen LogP contribution in [0.15, 0.2) is 66.7 Å². The van der Waals surface area contributed by atoms with Gasteiger partial charge in [-0.1, -0.05) is 41.9 Å². The van der Waals surface area contributed by atoms with Crippen LogP contribution in [-0.2, 0) is 16.9 Å². The fourth-order valence-corrected chi connectivity index (χ4v) is 4.21. The van der Waals surface area contributed by atoms with Gasteiger partial charge in [-0.3, -0.25) is 9.59 Å². The van der Waals surface area contributed by atoms with E-state index in [4.69, 9.17) is 21.1 Å². The zero-order valence-corrected chi connectivity index (χ0v) is 18.4.